The maximum atomic E-state index is 12.9. The van der Waals surface area contributed by atoms with Gasteiger partial charge < -0.3 is 14.6 Å². The Morgan fingerprint density at radius 2 is 2.19 bits per heavy atom. The van der Waals surface area contributed by atoms with Crippen molar-refractivity contribution in [2.75, 3.05) is 18.2 Å². The first kappa shape index (κ1) is 17.3. The van der Waals surface area contributed by atoms with E-state index in [1.807, 2.05) is 30.5 Å². The van der Waals surface area contributed by atoms with Gasteiger partial charge in [0.15, 0.2) is 5.82 Å². The number of ether oxygens (including phenoxy) is 1. The third kappa shape index (κ3) is 3.15. The summed E-state index contributed by atoms with van der Waals surface area (Å²) in [6.07, 6.45) is 2.72. The lowest BCUT2D eigenvalue weighted by atomic mass is 10.1. The highest BCUT2D eigenvalue weighted by Gasteiger charge is 2.27. The zero-order valence-corrected chi connectivity index (χ0v) is 16.0. The lowest BCUT2D eigenvalue weighted by Crippen LogP contribution is -2.13. The number of amides is 1. The summed E-state index contributed by atoms with van der Waals surface area (Å²) in [5, 5.41) is 7.67. The molecule has 1 aliphatic rings. The Labute approximate surface area is 159 Å². The van der Waals surface area contributed by atoms with Crippen LogP contribution in [-0.4, -0.2) is 28.9 Å². The molecule has 0 bridgehead atoms. The van der Waals surface area contributed by atoms with Gasteiger partial charge in [-0.15, -0.1) is 23.1 Å². The average Bonchev–Trinajstić information content (AvgIpc) is 3.24. The highest BCUT2D eigenvalue weighted by atomic mass is 32.2. The van der Waals surface area contributed by atoms with E-state index >= 15 is 0 Å². The van der Waals surface area contributed by atoms with Crippen LogP contribution in [0.4, 0.5) is 5.00 Å². The summed E-state index contributed by atoms with van der Waals surface area (Å²) in [4.78, 5) is 19.3. The molecule has 0 radical (unpaired) electrons. The summed E-state index contributed by atoms with van der Waals surface area (Å²) in [5.74, 6) is 0.860. The zero-order valence-electron chi connectivity index (χ0n) is 14.4. The second-order valence-electron chi connectivity index (χ2n) is 5.81. The monoisotopic (exact) mass is 387 g/mol. The van der Waals surface area contributed by atoms with E-state index in [9.17, 15) is 4.79 Å². The minimum absolute atomic E-state index is 0.146. The molecule has 0 aliphatic carbocycles. The fraction of sp³-hybridized carbons (Fsp3) is 0.278. The number of aryl methyl sites for hydroxylation is 1. The first-order valence-electron chi connectivity index (χ1n) is 8.14. The summed E-state index contributed by atoms with van der Waals surface area (Å²) in [5.41, 5.74) is 2.59. The van der Waals surface area contributed by atoms with Crippen LogP contribution < -0.4 is 5.32 Å². The van der Waals surface area contributed by atoms with Gasteiger partial charge in [-0.3, -0.25) is 4.79 Å². The van der Waals surface area contributed by atoms with Crippen LogP contribution in [-0.2, 0) is 17.8 Å². The van der Waals surface area contributed by atoms with E-state index in [-0.39, 0.29) is 5.91 Å². The molecule has 0 saturated heterocycles. The van der Waals surface area contributed by atoms with Gasteiger partial charge in [-0.2, -0.15) is 4.98 Å². The number of thiophene rings is 1. The van der Waals surface area contributed by atoms with E-state index < -0.39 is 0 Å². The van der Waals surface area contributed by atoms with Crippen molar-refractivity contribution in [3.05, 3.63) is 46.1 Å². The van der Waals surface area contributed by atoms with Gasteiger partial charge in [0.2, 0.25) is 0 Å². The largest absolute Gasteiger partial charge is 0.376 e. The SMILES string of the molecule is CSc1ccccc1C(=O)Nc1sc2c(c1-c1nc(C)no1)CCOC2. The molecule has 1 aliphatic heterocycles. The predicted octanol–water partition coefficient (Wildman–Crippen LogP) is 4.15. The molecule has 0 spiro atoms. The molecular weight excluding hydrogens is 370 g/mol. The number of carbonyl (C=O) groups excluding carboxylic acids is 1. The molecule has 1 aromatic carbocycles. The Bertz CT molecular complexity index is 964. The van der Waals surface area contributed by atoms with E-state index in [1.54, 1.807) is 18.7 Å². The van der Waals surface area contributed by atoms with Gasteiger partial charge in [0, 0.05) is 9.77 Å². The number of anilines is 1. The summed E-state index contributed by atoms with van der Waals surface area (Å²) in [6.45, 7) is 2.96. The molecule has 6 nitrogen and oxygen atoms in total. The smallest absolute Gasteiger partial charge is 0.261 e. The van der Waals surface area contributed by atoms with Crippen LogP contribution in [0.2, 0.25) is 0 Å². The Morgan fingerprint density at radius 1 is 1.35 bits per heavy atom. The number of aromatic nitrogens is 2. The maximum Gasteiger partial charge on any atom is 0.261 e. The molecular formula is C18H17N3O3S2. The van der Waals surface area contributed by atoms with Crippen molar-refractivity contribution in [1.29, 1.82) is 0 Å². The van der Waals surface area contributed by atoms with Gasteiger partial charge in [-0.05, 0) is 37.3 Å². The van der Waals surface area contributed by atoms with Crippen LogP contribution >= 0.6 is 23.1 Å². The Kier molecular flexibility index (Phi) is 4.80. The molecule has 2 aromatic heterocycles. The van der Waals surface area contributed by atoms with Crippen molar-refractivity contribution in [2.45, 2.75) is 24.8 Å². The van der Waals surface area contributed by atoms with E-state index in [0.717, 1.165) is 32.3 Å². The zero-order chi connectivity index (χ0) is 18.1. The van der Waals surface area contributed by atoms with Crippen molar-refractivity contribution in [1.82, 2.24) is 10.1 Å². The summed E-state index contributed by atoms with van der Waals surface area (Å²) in [6, 6.07) is 7.56. The molecule has 4 rings (SSSR count). The molecule has 1 amide bonds. The molecule has 0 saturated carbocycles. The normalized spacial score (nSPS) is 13.5. The van der Waals surface area contributed by atoms with Crippen molar-refractivity contribution in [3.63, 3.8) is 0 Å². The fourth-order valence-electron chi connectivity index (χ4n) is 2.95. The van der Waals surface area contributed by atoms with Gasteiger partial charge in [-0.25, -0.2) is 0 Å². The first-order chi connectivity index (χ1) is 12.7. The van der Waals surface area contributed by atoms with Gasteiger partial charge in [0.25, 0.3) is 11.8 Å². The van der Waals surface area contributed by atoms with Gasteiger partial charge in [0.1, 0.15) is 5.00 Å². The van der Waals surface area contributed by atoms with E-state index in [4.69, 9.17) is 9.26 Å². The number of hydrogen-bond acceptors (Lipinski definition) is 7. The second-order valence-corrected chi connectivity index (χ2v) is 7.76. The van der Waals surface area contributed by atoms with Crippen molar-refractivity contribution in [2.24, 2.45) is 0 Å². The molecule has 0 atom stereocenters. The van der Waals surface area contributed by atoms with Crippen molar-refractivity contribution >= 4 is 34.0 Å². The molecule has 0 fully saturated rings. The molecule has 26 heavy (non-hydrogen) atoms. The lowest BCUT2D eigenvalue weighted by molar-refractivity contribution is 0.102. The minimum Gasteiger partial charge on any atom is -0.376 e. The third-order valence-electron chi connectivity index (χ3n) is 4.14. The van der Waals surface area contributed by atoms with Crippen LogP contribution in [0.25, 0.3) is 11.5 Å². The number of benzene rings is 1. The molecule has 1 N–H and O–H groups in total. The van der Waals surface area contributed by atoms with Crippen molar-refractivity contribution in [3.8, 4) is 11.5 Å². The number of fused-ring (bicyclic) bond motifs is 1. The standard InChI is InChI=1S/C18H17N3O3S2/c1-10-19-17(24-21-10)15-11-7-8-23-9-14(11)26-18(15)20-16(22)12-5-3-4-6-13(12)25-2/h3-6H,7-9H2,1-2H3,(H,20,22). The lowest BCUT2D eigenvalue weighted by Gasteiger charge is -2.12. The average molecular weight is 387 g/mol. The number of thioether (sulfide) groups is 1. The third-order valence-corrected chi connectivity index (χ3v) is 6.06. The summed E-state index contributed by atoms with van der Waals surface area (Å²) >= 11 is 3.06. The fourth-order valence-corrected chi connectivity index (χ4v) is 4.72. The number of nitrogens with one attached hydrogen (secondary N) is 1. The first-order valence-corrected chi connectivity index (χ1v) is 10.2. The van der Waals surface area contributed by atoms with Crippen LogP contribution in [0.15, 0.2) is 33.7 Å². The number of nitrogens with zero attached hydrogens (tertiary/aromatic N) is 2. The predicted molar refractivity (Wildman–Crippen MR) is 102 cm³/mol. The summed E-state index contributed by atoms with van der Waals surface area (Å²) in [7, 11) is 0. The van der Waals surface area contributed by atoms with Crippen LogP contribution in [0.5, 0.6) is 0 Å². The molecule has 3 heterocycles. The number of rotatable bonds is 4. The number of hydrogen-bond donors (Lipinski definition) is 1. The van der Waals surface area contributed by atoms with Crippen LogP contribution in [0.3, 0.4) is 0 Å². The van der Waals surface area contributed by atoms with Crippen LogP contribution in [0.1, 0.15) is 26.6 Å². The van der Waals surface area contributed by atoms with Gasteiger partial charge in [0.05, 0.1) is 24.3 Å². The van der Waals surface area contributed by atoms with E-state index in [0.29, 0.717) is 30.5 Å². The second kappa shape index (κ2) is 7.22. The minimum atomic E-state index is -0.146. The highest BCUT2D eigenvalue weighted by Crippen LogP contribution is 2.42. The molecule has 8 heteroatoms. The Balaban J connectivity index is 1.74. The quantitative estimate of drug-likeness (QED) is 0.678. The van der Waals surface area contributed by atoms with Gasteiger partial charge >= 0.3 is 0 Å². The van der Waals surface area contributed by atoms with E-state index in [2.05, 4.69) is 15.5 Å². The van der Waals surface area contributed by atoms with Crippen molar-refractivity contribution < 1.29 is 14.1 Å². The van der Waals surface area contributed by atoms with E-state index in [1.165, 1.54) is 11.3 Å². The highest BCUT2D eigenvalue weighted by molar-refractivity contribution is 7.98. The number of carbonyl (C=O) groups is 1. The van der Waals surface area contributed by atoms with Crippen LogP contribution in [0, 0.1) is 6.92 Å². The van der Waals surface area contributed by atoms with Gasteiger partial charge in [-0.1, -0.05) is 17.3 Å². The molecule has 3 aromatic rings. The summed E-state index contributed by atoms with van der Waals surface area (Å²) < 4.78 is 11.0. The molecule has 134 valence electrons. The Morgan fingerprint density at radius 3 is 2.96 bits per heavy atom. The Hall–Kier alpha value is -2.16. The maximum absolute atomic E-state index is 12.9. The topological polar surface area (TPSA) is 77.3 Å². The molecule has 0 unspecified atom stereocenters.